The first-order valence-corrected chi connectivity index (χ1v) is 47.0. The summed E-state index contributed by atoms with van der Waals surface area (Å²) < 4.78 is 0. The van der Waals surface area contributed by atoms with E-state index in [0.29, 0.717) is 25.8 Å². The molecule has 1 aromatic rings. The second kappa shape index (κ2) is 67.3. The third kappa shape index (κ3) is 51.8. The maximum atomic E-state index is 14.7. The van der Waals surface area contributed by atoms with Gasteiger partial charge < -0.3 is 167 Å². The largest absolute Gasteiger partial charge is 0.508 e. The first kappa shape index (κ1) is 127. The number of hydrogen-bond donors (Lipinski definition) is 32. The standard InChI is InChI=1S/C88H149N27O28/c1-11-46(8)71(86(141)106-52(20-13-16-30-90)76(131)109-56(33-43(2)3)74(129)100-41-67(122)102-57(34-44(4)5)79(134)108-55(87(142)143)21-14-17-31-91)115-78(133)53(22-18-32-97-88(95)96)105-84(139)62(42-116)113-82(137)60(37-64(94)119)111-81(136)59(36-63(93)118)110-75(130)51(19-12-15-29-89)104-77(132)54(27-28-68(123)124)107-85(140)70(45(6)7)114-83(138)61(38-69(125)126)112-80(135)58(35-49-23-25-50(117)26-24-49)103-66(121)40-98-65(120)39-99-73(128)48(10)101-72(127)47(9)92/h23-26,43-48,51-62,70-71,116-117H,11-22,27-42,89-92H2,1-10H3,(H2,93,118)(H2,94,119)(H,98,120)(H,99,128)(H,100,129)(H,101,127)(H,102,122)(H,103,121)(H,104,132)(H,105,139)(H,106,141)(H,107,140)(H,108,134)(H,109,131)(H,110,130)(H,111,136)(H,112,135)(H,113,137)(H,114,138)(H,115,133)(H,123,124)(H,125,126)(H,142,143)(H4,95,96,97)/t46-,47-,48-,51-,52-,53-,54-,55-,56-,57-,58-,59-,60-,61-,62-,70-,71-/m0/s1. The zero-order valence-corrected chi connectivity index (χ0v) is 82.3. The van der Waals surface area contributed by atoms with Gasteiger partial charge in [0.2, 0.25) is 118 Å². The monoisotopic (exact) mass is 2030 g/mol. The predicted molar refractivity (Wildman–Crippen MR) is 512 cm³/mol. The van der Waals surface area contributed by atoms with Crippen LogP contribution in [0.1, 0.15) is 197 Å². The zero-order valence-electron chi connectivity index (χ0n) is 82.3. The van der Waals surface area contributed by atoms with E-state index in [4.69, 9.17) is 45.5 Å². The number of hydrogen-bond acceptors (Lipinski definition) is 30. The Kier molecular flexibility index (Phi) is 59.8. The summed E-state index contributed by atoms with van der Waals surface area (Å²) in [5.74, 6) is -29.6. The molecule has 0 aliphatic rings. The minimum atomic E-state index is -2.17. The molecule has 0 fully saturated rings. The lowest BCUT2D eigenvalue weighted by Gasteiger charge is -2.30. The van der Waals surface area contributed by atoms with Gasteiger partial charge in [0.05, 0.1) is 51.5 Å². The highest BCUT2D eigenvalue weighted by molar-refractivity contribution is 6.03. The third-order valence-corrected chi connectivity index (χ3v) is 21.7. The van der Waals surface area contributed by atoms with Crippen LogP contribution in [0.4, 0.5) is 0 Å². The maximum Gasteiger partial charge on any atom is 0.326 e. The summed E-state index contributed by atoms with van der Waals surface area (Å²) in [6.07, 6.45) is -4.42. The van der Waals surface area contributed by atoms with Crippen molar-refractivity contribution in [2.24, 2.45) is 63.8 Å². The van der Waals surface area contributed by atoms with Gasteiger partial charge in [-0.05, 0) is 165 Å². The van der Waals surface area contributed by atoms with E-state index in [1.165, 1.54) is 52.0 Å². The van der Waals surface area contributed by atoms with Gasteiger partial charge in [0.1, 0.15) is 96.4 Å². The van der Waals surface area contributed by atoms with Gasteiger partial charge in [-0.2, -0.15) is 0 Å². The SMILES string of the molecule is CC[C@H](C)[C@H](NC(=O)[C@H](CCCNC(=N)N)NC(=O)[C@H](CO)NC(=O)[C@H](CC(N)=O)NC(=O)[C@H](CC(N)=O)NC(=O)[C@H](CCCCN)NC(=O)[C@H](CCC(=O)O)NC(=O)[C@@H](NC(=O)[C@H](CC(=O)O)NC(=O)[C@H](Cc1ccc(O)cc1)NC(=O)CNC(=O)CNC(=O)[C@H](C)NC(=O)[C@H](C)N)C(C)C)C(=O)N[C@@H](CCCCN)C(=O)N[C@@H](CC(C)C)C(=O)NCC(=O)N[C@@H](CC(C)C)C(=O)N[C@@H](CCCCN)C(=O)O. The highest BCUT2D eigenvalue weighted by Crippen LogP contribution is 2.18. The number of aliphatic hydroxyl groups is 1. The van der Waals surface area contributed by atoms with Crippen LogP contribution in [-0.2, 0) is 117 Å². The van der Waals surface area contributed by atoms with Crippen LogP contribution in [0.15, 0.2) is 24.3 Å². The number of nitrogens with one attached hydrogen (secondary N) is 20. The molecule has 0 unspecified atom stereocenters. The second-order valence-corrected chi connectivity index (χ2v) is 35.5. The molecule has 0 spiro atoms. The lowest BCUT2D eigenvalue weighted by molar-refractivity contribution is -0.142. The molecule has 55 heteroatoms. The van der Waals surface area contributed by atoms with Crippen molar-refractivity contribution in [2.45, 2.75) is 294 Å². The number of benzene rings is 1. The van der Waals surface area contributed by atoms with Crippen molar-refractivity contribution in [1.29, 1.82) is 5.41 Å². The van der Waals surface area contributed by atoms with E-state index in [0.717, 1.165) is 0 Å². The van der Waals surface area contributed by atoms with Crippen molar-refractivity contribution in [3.05, 3.63) is 29.8 Å². The molecule has 0 aromatic heterocycles. The first-order chi connectivity index (χ1) is 67.1. The summed E-state index contributed by atoms with van der Waals surface area (Å²) in [5.41, 5.74) is 39.5. The summed E-state index contributed by atoms with van der Waals surface area (Å²) in [4.78, 5) is 312. The minimum Gasteiger partial charge on any atom is -0.508 e. The van der Waals surface area contributed by atoms with Crippen molar-refractivity contribution < 1.29 is 136 Å². The number of amides is 20. The molecule has 0 saturated heterocycles. The molecule has 0 saturated carbocycles. The molecule has 20 amide bonds. The Labute approximate surface area is 827 Å². The van der Waals surface area contributed by atoms with Gasteiger partial charge in [-0.15, -0.1) is 0 Å². The fourth-order valence-corrected chi connectivity index (χ4v) is 13.7. The van der Waals surface area contributed by atoms with Gasteiger partial charge >= 0.3 is 17.9 Å². The van der Waals surface area contributed by atoms with E-state index in [9.17, 15) is 136 Å². The van der Waals surface area contributed by atoms with Crippen LogP contribution in [-0.4, -0.2) is 317 Å². The van der Waals surface area contributed by atoms with Crippen molar-refractivity contribution in [3.8, 4) is 5.75 Å². The molecule has 804 valence electrons. The Hall–Kier alpha value is -14.1. The van der Waals surface area contributed by atoms with Gasteiger partial charge in [0.15, 0.2) is 5.96 Å². The van der Waals surface area contributed by atoms with E-state index in [2.05, 4.69) is 101 Å². The van der Waals surface area contributed by atoms with Crippen LogP contribution in [0.5, 0.6) is 5.75 Å². The molecular weight excluding hydrogens is 1880 g/mol. The zero-order chi connectivity index (χ0) is 109. The van der Waals surface area contributed by atoms with Gasteiger partial charge in [0, 0.05) is 19.4 Å². The molecule has 17 atom stereocenters. The van der Waals surface area contributed by atoms with E-state index >= 15 is 0 Å². The maximum absolute atomic E-state index is 14.7. The highest BCUT2D eigenvalue weighted by atomic mass is 16.4. The van der Waals surface area contributed by atoms with E-state index < -0.39 is 315 Å². The number of carboxylic acids is 3. The molecule has 0 aliphatic carbocycles. The molecule has 0 aliphatic heterocycles. The predicted octanol–water partition coefficient (Wildman–Crippen LogP) is -10.5. The Bertz CT molecular complexity index is 4470. The van der Waals surface area contributed by atoms with Gasteiger partial charge in [0.25, 0.3) is 0 Å². The molecule has 143 heavy (non-hydrogen) atoms. The number of phenols is 1. The Morgan fingerprint density at radius 3 is 1.14 bits per heavy atom. The van der Waals surface area contributed by atoms with E-state index in [-0.39, 0.29) is 113 Å². The van der Waals surface area contributed by atoms with Gasteiger partial charge in [-0.3, -0.25) is 111 Å². The number of aromatic hydroxyl groups is 1. The smallest absolute Gasteiger partial charge is 0.326 e. The fourth-order valence-electron chi connectivity index (χ4n) is 13.7. The quantitative estimate of drug-likeness (QED) is 0.0164. The number of unbranched alkanes of at least 4 members (excludes halogenated alkanes) is 3. The first-order valence-electron chi connectivity index (χ1n) is 47.0. The molecule has 0 bridgehead atoms. The average Bonchev–Trinajstić information content (AvgIpc) is 0.846. The molecule has 1 rings (SSSR count). The van der Waals surface area contributed by atoms with Crippen LogP contribution < -0.4 is 141 Å². The normalized spacial score (nSPS) is 14.6. The fraction of sp³-hybridized carbons (Fsp3) is 0.659. The molecule has 0 heterocycles. The van der Waals surface area contributed by atoms with E-state index in [1.807, 2.05) is 0 Å². The van der Waals surface area contributed by atoms with Crippen LogP contribution in [0, 0.1) is 29.1 Å². The number of primary amides is 2. The summed E-state index contributed by atoms with van der Waals surface area (Å²) in [6.45, 7) is 12.4. The lowest BCUT2D eigenvalue weighted by atomic mass is 9.96. The Morgan fingerprint density at radius 2 is 0.706 bits per heavy atom. The van der Waals surface area contributed by atoms with Crippen molar-refractivity contribution in [1.82, 2.24) is 101 Å². The average molecular weight is 2030 g/mol. The number of nitrogens with two attached hydrogens (primary N) is 7. The molecule has 0 radical (unpaired) electrons. The van der Waals surface area contributed by atoms with Crippen LogP contribution in [0.2, 0.25) is 0 Å². The Balaban J connectivity index is 3.71. The summed E-state index contributed by atoms with van der Waals surface area (Å²) in [5, 5.41) is 103. The Morgan fingerprint density at radius 1 is 0.350 bits per heavy atom. The molecule has 1 aromatic carbocycles. The summed E-state index contributed by atoms with van der Waals surface area (Å²) >= 11 is 0. The summed E-state index contributed by atoms with van der Waals surface area (Å²) in [7, 11) is 0. The molecule has 55 nitrogen and oxygen atoms in total. The number of carboxylic acid groups (broad SMARTS) is 3. The van der Waals surface area contributed by atoms with E-state index in [1.54, 1.807) is 41.5 Å². The highest BCUT2D eigenvalue weighted by Gasteiger charge is 2.41. The summed E-state index contributed by atoms with van der Waals surface area (Å²) in [6, 6.07) is -21.2. The topological polar surface area (TPSA) is 928 Å². The van der Waals surface area contributed by atoms with Crippen LogP contribution in [0.3, 0.4) is 0 Å². The van der Waals surface area contributed by atoms with Crippen molar-refractivity contribution in [3.63, 3.8) is 0 Å². The number of carbonyl (C=O) groups is 23. The number of rotatable bonds is 72. The third-order valence-electron chi connectivity index (χ3n) is 21.7. The number of guanidine groups is 1. The minimum absolute atomic E-state index is 0.00357. The van der Waals surface area contributed by atoms with Crippen LogP contribution in [0.25, 0.3) is 0 Å². The second-order valence-electron chi connectivity index (χ2n) is 35.5. The van der Waals surface area contributed by atoms with Crippen molar-refractivity contribution in [2.75, 3.05) is 52.4 Å². The number of aliphatic carboxylic acids is 3. The van der Waals surface area contributed by atoms with Gasteiger partial charge in [-0.1, -0.05) is 73.9 Å². The molecular formula is C88H149N27O28. The van der Waals surface area contributed by atoms with Crippen LogP contribution >= 0.6 is 0 Å². The lowest BCUT2D eigenvalue weighted by Crippen LogP contribution is -2.62. The number of carbonyl (C=O) groups excluding carboxylic acids is 20. The number of aliphatic hydroxyl groups excluding tert-OH is 1. The number of phenolic OH excluding ortho intramolecular Hbond substituents is 1. The molecule has 39 N–H and O–H groups in total. The van der Waals surface area contributed by atoms with Crippen molar-refractivity contribution >= 4 is 142 Å². The van der Waals surface area contributed by atoms with Gasteiger partial charge in [-0.25, -0.2) is 4.79 Å².